The molecule has 0 spiro atoms. The van der Waals surface area contributed by atoms with Crippen molar-refractivity contribution in [2.24, 2.45) is 5.92 Å². The van der Waals surface area contributed by atoms with E-state index in [2.05, 4.69) is 15.6 Å². The number of hydrogen-bond donors (Lipinski definition) is 4. The minimum atomic E-state index is -0.248. The number of nitrogens with zero attached hydrogens (tertiary/aromatic N) is 1. The maximum atomic E-state index is 12.7. The standard InChI is InChI=1S/C25H26ClN5O/c1-2-17(16-27)12-14-30-24(28)18-6-8-19(9-7-18)25(32)31-20-10-11-22(26)21(15-20)23-5-3-4-13-29-23/h3-11,13,15-17,27H,2,12,14H2,1H3,(H2,28,30)(H,31,32). The average Bonchev–Trinajstić information content (AvgIpc) is 2.83. The zero-order valence-corrected chi connectivity index (χ0v) is 18.6. The van der Waals surface area contributed by atoms with E-state index in [1.54, 1.807) is 48.7 Å². The zero-order chi connectivity index (χ0) is 22.9. The molecule has 32 heavy (non-hydrogen) atoms. The van der Waals surface area contributed by atoms with Crippen LogP contribution in [-0.2, 0) is 0 Å². The minimum Gasteiger partial charge on any atom is -0.370 e. The molecule has 1 heterocycles. The number of rotatable bonds is 9. The summed E-state index contributed by atoms with van der Waals surface area (Å²) < 4.78 is 0. The Balaban J connectivity index is 1.63. The summed E-state index contributed by atoms with van der Waals surface area (Å²) in [5.41, 5.74) is 3.29. The number of carbonyl (C=O) groups excluding carboxylic acids is 1. The summed E-state index contributed by atoms with van der Waals surface area (Å²) in [6.07, 6.45) is 4.88. The number of benzene rings is 2. The molecule has 7 heteroatoms. The van der Waals surface area contributed by atoms with E-state index in [-0.39, 0.29) is 11.8 Å². The molecule has 164 valence electrons. The first-order chi connectivity index (χ1) is 15.5. The zero-order valence-electron chi connectivity index (χ0n) is 17.9. The molecule has 0 saturated carbocycles. The summed E-state index contributed by atoms with van der Waals surface area (Å²) >= 11 is 6.31. The van der Waals surface area contributed by atoms with Gasteiger partial charge in [-0.25, -0.2) is 0 Å². The Morgan fingerprint density at radius 2 is 1.88 bits per heavy atom. The van der Waals surface area contributed by atoms with Gasteiger partial charge in [-0.05, 0) is 67.4 Å². The normalized spacial score (nSPS) is 11.4. The van der Waals surface area contributed by atoms with Gasteiger partial charge >= 0.3 is 0 Å². The van der Waals surface area contributed by atoms with Crippen LogP contribution in [0.2, 0.25) is 5.02 Å². The fraction of sp³-hybridized carbons (Fsp3) is 0.200. The molecule has 4 N–H and O–H groups in total. The molecule has 1 atom stereocenters. The van der Waals surface area contributed by atoms with Crippen LogP contribution in [0.1, 0.15) is 35.7 Å². The molecule has 2 aromatic carbocycles. The van der Waals surface area contributed by atoms with E-state index in [4.69, 9.17) is 22.4 Å². The Morgan fingerprint density at radius 3 is 2.53 bits per heavy atom. The lowest BCUT2D eigenvalue weighted by Gasteiger charge is -2.12. The number of nitrogens with one attached hydrogen (secondary N) is 4. The van der Waals surface area contributed by atoms with Crippen LogP contribution < -0.4 is 10.6 Å². The highest BCUT2D eigenvalue weighted by molar-refractivity contribution is 6.33. The van der Waals surface area contributed by atoms with E-state index in [1.165, 1.54) is 6.21 Å². The third kappa shape index (κ3) is 6.02. The minimum absolute atomic E-state index is 0.229. The topological polar surface area (TPSA) is 102 Å². The Morgan fingerprint density at radius 1 is 1.12 bits per heavy atom. The van der Waals surface area contributed by atoms with Crippen molar-refractivity contribution in [2.75, 3.05) is 11.9 Å². The van der Waals surface area contributed by atoms with Gasteiger partial charge < -0.3 is 16.0 Å². The van der Waals surface area contributed by atoms with Crippen LogP contribution in [0, 0.1) is 16.7 Å². The van der Waals surface area contributed by atoms with Crippen LogP contribution in [-0.4, -0.2) is 29.5 Å². The molecule has 0 aliphatic rings. The summed E-state index contributed by atoms with van der Waals surface area (Å²) in [4.78, 5) is 17.0. The van der Waals surface area contributed by atoms with E-state index in [9.17, 15) is 4.79 Å². The van der Waals surface area contributed by atoms with Crippen molar-refractivity contribution in [1.82, 2.24) is 10.3 Å². The first-order valence-corrected chi connectivity index (χ1v) is 10.9. The van der Waals surface area contributed by atoms with E-state index < -0.39 is 0 Å². The summed E-state index contributed by atoms with van der Waals surface area (Å²) in [6.45, 7) is 2.68. The Labute approximate surface area is 193 Å². The van der Waals surface area contributed by atoms with Gasteiger partial charge in [0.1, 0.15) is 5.84 Å². The molecule has 0 bridgehead atoms. The molecule has 6 nitrogen and oxygen atoms in total. The number of aromatic nitrogens is 1. The average molecular weight is 448 g/mol. The molecule has 0 radical (unpaired) electrons. The van der Waals surface area contributed by atoms with Crippen molar-refractivity contribution in [1.29, 1.82) is 10.8 Å². The first-order valence-electron chi connectivity index (χ1n) is 10.5. The SMILES string of the molecule is CCC(C=N)CCNC(=N)c1ccc(C(=O)Nc2ccc(Cl)c(-c3ccccn3)c2)cc1. The van der Waals surface area contributed by atoms with Gasteiger partial charge in [0.15, 0.2) is 0 Å². The molecule has 1 amide bonds. The van der Waals surface area contributed by atoms with Gasteiger partial charge in [-0.1, -0.05) is 36.7 Å². The van der Waals surface area contributed by atoms with Crippen LogP contribution in [0.15, 0.2) is 66.9 Å². The molecular formula is C25H26ClN5O. The quantitative estimate of drug-likeness (QED) is 0.252. The van der Waals surface area contributed by atoms with Crippen molar-refractivity contribution < 1.29 is 4.79 Å². The number of pyridine rings is 1. The van der Waals surface area contributed by atoms with Crippen LogP contribution in [0.5, 0.6) is 0 Å². The van der Waals surface area contributed by atoms with Gasteiger partial charge in [0.05, 0.1) is 10.7 Å². The van der Waals surface area contributed by atoms with E-state index in [1.807, 2.05) is 25.1 Å². The number of anilines is 1. The lowest BCUT2D eigenvalue weighted by Crippen LogP contribution is -2.26. The first kappa shape index (κ1) is 23.2. The lowest BCUT2D eigenvalue weighted by molar-refractivity contribution is 0.102. The Kier molecular flexibility index (Phi) is 8.11. The predicted molar refractivity (Wildman–Crippen MR) is 131 cm³/mol. The fourth-order valence-corrected chi connectivity index (χ4v) is 3.42. The highest BCUT2D eigenvalue weighted by atomic mass is 35.5. The van der Waals surface area contributed by atoms with Crippen molar-refractivity contribution in [3.8, 4) is 11.3 Å². The molecule has 0 saturated heterocycles. The third-order valence-electron chi connectivity index (χ3n) is 5.18. The van der Waals surface area contributed by atoms with Crippen molar-refractivity contribution >= 4 is 35.2 Å². The Bertz CT molecular complexity index is 1080. The van der Waals surface area contributed by atoms with Gasteiger partial charge in [-0.3, -0.25) is 15.2 Å². The number of amidine groups is 1. The molecule has 1 aromatic heterocycles. The van der Waals surface area contributed by atoms with E-state index >= 15 is 0 Å². The maximum Gasteiger partial charge on any atom is 0.255 e. The second-order valence-electron chi connectivity index (χ2n) is 7.37. The number of amides is 1. The largest absolute Gasteiger partial charge is 0.370 e. The summed E-state index contributed by atoms with van der Waals surface area (Å²) in [5.74, 6) is 0.282. The molecule has 3 rings (SSSR count). The highest BCUT2D eigenvalue weighted by Gasteiger charge is 2.11. The number of halogens is 1. The van der Waals surface area contributed by atoms with Crippen molar-refractivity contribution in [3.05, 3.63) is 83.0 Å². The van der Waals surface area contributed by atoms with Crippen LogP contribution in [0.25, 0.3) is 11.3 Å². The second kappa shape index (κ2) is 11.2. The second-order valence-corrected chi connectivity index (χ2v) is 7.77. The number of carbonyl (C=O) groups is 1. The molecule has 3 aromatic rings. The molecule has 0 aliphatic heterocycles. The van der Waals surface area contributed by atoms with Gasteiger partial charge in [0.25, 0.3) is 5.91 Å². The monoisotopic (exact) mass is 447 g/mol. The molecule has 0 aliphatic carbocycles. The molecular weight excluding hydrogens is 422 g/mol. The van der Waals surface area contributed by atoms with Crippen molar-refractivity contribution in [2.45, 2.75) is 19.8 Å². The van der Waals surface area contributed by atoms with Crippen LogP contribution >= 0.6 is 11.6 Å². The fourth-order valence-electron chi connectivity index (χ4n) is 3.20. The summed E-state index contributed by atoms with van der Waals surface area (Å²) in [6, 6.07) is 17.8. The van der Waals surface area contributed by atoms with Gasteiger partial charge in [-0.15, -0.1) is 0 Å². The van der Waals surface area contributed by atoms with Crippen molar-refractivity contribution in [3.63, 3.8) is 0 Å². The van der Waals surface area contributed by atoms with Gasteiger partial charge in [-0.2, -0.15) is 0 Å². The van der Waals surface area contributed by atoms with Crippen LogP contribution in [0.4, 0.5) is 5.69 Å². The molecule has 1 unspecified atom stereocenters. The lowest BCUT2D eigenvalue weighted by atomic mass is 10.0. The van der Waals surface area contributed by atoms with E-state index in [0.29, 0.717) is 34.2 Å². The highest BCUT2D eigenvalue weighted by Crippen LogP contribution is 2.29. The van der Waals surface area contributed by atoms with Gasteiger partial charge in [0, 0.05) is 35.1 Å². The van der Waals surface area contributed by atoms with Gasteiger partial charge in [0.2, 0.25) is 0 Å². The maximum absolute atomic E-state index is 12.7. The van der Waals surface area contributed by atoms with E-state index in [0.717, 1.165) is 24.1 Å². The Hall–Kier alpha value is -3.51. The smallest absolute Gasteiger partial charge is 0.255 e. The summed E-state index contributed by atoms with van der Waals surface area (Å²) in [5, 5.41) is 22.1. The molecule has 0 fully saturated rings. The predicted octanol–water partition coefficient (Wildman–Crippen LogP) is 5.64. The third-order valence-corrected chi connectivity index (χ3v) is 5.51. The van der Waals surface area contributed by atoms with Crippen LogP contribution in [0.3, 0.4) is 0 Å². The summed E-state index contributed by atoms with van der Waals surface area (Å²) in [7, 11) is 0. The number of hydrogen-bond acceptors (Lipinski definition) is 4.